The normalized spacial score (nSPS) is 11.2. The van der Waals surface area contributed by atoms with Crippen LogP contribution in [0.1, 0.15) is 29.7 Å². The fourth-order valence-corrected chi connectivity index (χ4v) is 2.86. The Kier molecular flexibility index (Phi) is 4.09. The summed E-state index contributed by atoms with van der Waals surface area (Å²) < 4.78 is 12.9. The van der Waals surface area contributed by atoms with Gasteiger partial charge in [0.2, 0.25) is 0 Å². The molecule has 96 valence electrons. The van der Waals surface area contributed by atoms with Crippen LogP contribution in [0.5, 0.6) is 0 Å². The van der Waals surface area contributed by atoms with Gasteiger partial charge in [0.15, 0.2) is 0 Å². The van der Waals surface area contributed by atoms with Gasteiger partial charge in [0.25, 0.3) is 0 Å². The number of thiazole rings is 1. The molecule has 0 aliphatic rings. The lowest BCUT2D eigenvalue weighted by Gasteiger charge is -2.01. The van der Waals surface area contributed by atoms with Crippen LogP contribution < -0.4 is 5.73 Å². The van der Waals surface area contributed by atoms with Gasteiger partial charge in [-0.05, 0) is 37.2 Å². The van der Waals surface area contributed by atoms with E-state index in [2.05, 4.69) is 18.8 Å². The van der Waals surface area contributed by atoms with Crippen molar-refractivity contribution in [1.82, 2.24) is 4.98 Å². The first-order valence-corrected chi connectivity index (χ1v) is 6.89. The minimum atomic E-state index is -0.224. The van der Waals surface area contributed by atoms with Crippen molar-refractivity contribution in [1.29, 1.82) is 0 Å². The van der Waals surface area contributed by atoms with E-state index in [1.807, 2.05) is 0 Å². The van der Waals surface area contributed by atoms with Crippen LogP contribution in [0, 0.1) is 5.82 Å². The topological polar surface area (TPSA) is 38.9 Å². The van der Waals surface area contributed by atoms with E-state index in [1.54, 1.807) is 23.5 Å². The lowest BCUT2D eigenvalue weighted by atomic mass is 10.1. The monoisotopic (exact) mass is 264 g/mol. The molecule has 1 aromatic carbocycles. The number of halogens is 1. The quantitative estimate of drug-likeness (QED) is 0.916. The molecule has 1 heterocycles. The van der Waals surface area contributed by atoms with E-state index >= 15 is 0 Å². The van der Waals surface area contributed by atoms with Crippen LogP contribution in [0.15, 0.2) is 24.3 Å². The van der Waals surface area contributed by atoms with Crippen LogP contribution in [-0.2, 0) is 6.42 Å². The third-order valence-corrected chi connectivity index (χ3v) is 4.11. The second-order valence-corrected chi connectivity index (χ2v) is 5.64. The summed E-state index contributed by atoms with van der Waals surface area (Å²) in [6.45, 7) is 4.85. The van der Waals surface area contributed by atoms with E-state index in [-0.39, 0.29) is 5.82 Å². The second kappa shape index (κ2) is 5.59. The predicted molar refractivity (Wildman–Crippen MR) is 74.4 cm³/mol. The van der Waals surface area contributed by atoms with Gasteiger partial charge in [-0.3, -0.25) is 0 Å². The highest BCUT2D eigenvalue weighted by Crippen LogP contribution is 2.32. The molecule has 0 aliphatic carbocycles. The zero-order valence-electron chi connectivity index (χ0n) is 10.6. The highest BCUT2D eigenvalue weighted by molar-refractivity contribution is 7.12. The number of rotatable bonds is 4. The van der Waals surface area contributed by atoms with Gasteiger partial charge >= 0.3 is 0 Å². The molecule has 2 N–H and O–H groups in total. The molecule has 0 aliphatic heterocycles. The van der Waals surface area contributed by atoms with Crippen LogP contribution >= 0.6 is 11.3 Å². The molecular formula is C14H17FN2S. The molecule has 0 atom stereocenters. The van der Waals surface area contributed by atoms with Crippen LogP contribution in [0.3, 0.4) is 0 Å². The first-order chi connectivity index (χ1) is 8.61. The van der Waals surface area contributed by atoms with Gasteiger partial charge in [0.05, 0.1) is 10.7 Å². The maximum atomic E-state index is 12.9. The van der Waals surface area contributed by atoms with Gasteiger partial charge in [-0.25, -0.2) is 9.37 Å². The van der Waals surface area contributed by atoms with Gasteiger partial charge < -0.3 is 5.73 Å². The summed E-state index contributed by atoms with van der Waals surface area (Å²) in [6, 6.07) is 6.48. The highest BCUT2D eigenvalue weighted by Gasteiger charge is 2.14. The average molecular weight is 264 g/mol. The molecule has 0 unspecified atom stereocenters. The molecule has 0 radical (unpaired) electrons. The molecule has 2 rings (SSSR count). The summed E-state index contributed by atoms with van der Waals surface area (Å²) in [5.74, 6) is 0.180. The maximum Gasteiger partial charge on any atom is 0.123 e. The molecule has 0 fully saturated rings. The Morgan fingerprint density at radius 2 is 1.94 bits per heavy atom. The smallest absolute Gasteiger partial charge is 0.123 e. The molecule has 4 heteroatoms. The summed E-state index contributed by atoms with van der Waals surface area (Å²) >= 11 is 1.71. The standard InChI is InChI=1S/C14H17FN2S/c1-9(2)14-17-13(12(18-14)7-8-16)10-3-5-11(15)6-4-10/h3-6,9H,7-8,16H2,1-2H3. The molecule has 2 nitrogen and oxygen atoms in total. The van der Waals surface area contributed by atoms with Crippen molar-refractivity contribution < 1.29 is 4.39 Å². The third-order valence-electron chi connectivity index (χ3n) is 2.70. The van der Waals surface area contributed by atoms with Gasteiger partial charge in [-0.2, -0.15) is 0 Å². The number of nitrogens with two attached hydrogens (primary N) is 1. The first-order valence-electron chi connectivity index (χ1n) is 6.07. The van der Waals surface area contributed by atoms with Crippen LogP contribution in [0.2, 0.25) is 0 Å². The average Bonchev–Trinajstić information content (AvgIpc) is 2.75. The number of aromatic nitrogens is 1. The predicted octanol–water partition coefficient (Wildman–Crippen LogP) is 3.57. The van der Waals surface area contributed by atoms with Crippen LogP contribution in [-0.4, -0.2) is 11.5 Å². The molecule has 0 saturated heterocycles. The van der Waals surface area contributed by atoms with Crippen molar-refractivity contribution in [3.63, 3.8) is 0 Å². The Hall–Kier alpha value is -1.26. The van der Waals surface area contributed by atoms with Crippen LogP contribution in [0.25, 0.3) is 11.3 Å². The number of nitrogens with zero attached hydrogens (tertiary/aromatic N) is 1. The van der Waals surface area contributed by atoms with Crippen LogP contribution in [0.4, 0.5) is 4.39 Å². The van der Waals surface area contributed by atoms with E-state index in [1.165, 1.54) is 17.0 Å². The van der Waals surface area contributed by atoms with Gasteiger partial charge in [-0.15, -0.1) is 11.3 Å². The molecule has 0 spiro atoms. The lowest BCUT2D eigenvalue weighted by molar-refractivity contribution is 0.628. The van der Waals surface area contributed by atoms with Gasteiger partial charge in [0.1, 0.15) is 5.82 Å². The van der Waals surface area contributed by atoms with E-state index in [9.17, 15) is 4.39 Å². The number of hydrogen-bond donors (Lipinski definition) is 1. The molecule has 1 aromatic heterocycles. The number of benzene rings is 1. The molecule has 0 bridgehead atoms. The van der Waals surface area contributed by atoms with E-state index in [0.717, 1.165) is 22.7 Å². The Bertz CT molecular complexity index is 517. The van der Waals surface area contributed by atoms with Gasteiger partial charge in [-0.1, -0.05) is 13.8 Å². The molecule has 18 heavy (non-hydrogen) atoms. The zero-order valence-corrected chi connectivity index (χ0v) is 11.4. The largest absolute Gasteiger partial charge is 0.330 e. The summed E-state index contributed by atoms with van der Waals surface area (Å²) in [5.41, 5.74) is 7.55. The van der Waals surface area contributed by atoms with Crippen molar-refractivity contribution in [3.05, 3.63) is 40.0 Å². The fourth-order valence-electron chi connectivity index (χ4n) is 1.75. The summed E-state index contributed by atoms with van der Waals surface area (Å²) in [5, 5.41) is 1.11. The minimum Gasteiger partial charge on any atom is -0.330 e. The zero-order chi connectivity index (χ0) is 13.1. The molecule has 0 amide bonds. The van der Waals surface area contributed by atoms with Crippen molar-refractivity contribution in [2.45, 2.75) is 26.2 Å². The summed E-state index contributed by atoms with van der Waals surface area (Å²) in [4.78, 5) is 5.86. The summed E-state index contributed by atoms with van der Waals surface area (Å²) in [7, 11) is 0. The SMILES string of the molecule is CC(C)c1nc(-c2ccc(F)cc2)c(CCN)s1. The Labute approximate surface area is 111 Å². The Morgan fingerprint density at radius 3 is 2.50 bits per heavy atom. The Morgan fingerprint density at radius 1 is 1.28 bits per heavy atom. The third kappa shape index (κ3) is 2.76. The molecular weight excluding hydrogens is 247 g/mol. The first kappa shape index (κ1) is 13.2. The second-order valence-electron chi connectivity index (χ2n) is 4.52. The minimum absolute atomic E-state index is 0.224. The van der Waals surface area contributed by atoms with Crippen molar-refractivity contribution in [3.8, 4) is 11.3 Å². The molecule has 2 aromatic rings. The van der Waals surface area contributed by atoms with E-state index in [4.69, 9.17) is 5.73 Å². The van der Waals surface area contributed by atoms with Crippen molar-refractivity contribution >= 4 is 11.3 Å². The molecule has 0 saturated carbocycles. The van der Waals surface area contributed by atoms with Crippen molar-refractivity contribution in [2.75, 3.05) is 6.54 Å². The van der Waals surface area contributed by atoms with Crippen molar-refractivity contribution in [2.24, 2.45) is 5.73 Å². The summed E-state index contributed by atoms with van der Waals surface area (Å²) in [6.07, 6.45) is 0.817. The fraction of sp³-hybridized carbons (Fsp3) is 0.357. The van der Waals surface area contributed by atoms with E-state index in [0.29, 0.717) is 12.5 Å². The lowest BCUT2D eigenvalue weighted by Crippen LogP contribution is -2.02. The van der Waals surface area contributed by atoms with E-state index < -0.39 is 0 Å². The number of hydrogen-bond acceptors (Lipinski definition) is 3. The Balaban J connectivity index is 2.44. The maximum absolute atomic E-state index is 12.9. The highest BCUT2D eigenvalue weighted by atomic mass is 32.1. The van der Waals surface area contributed by atoms with Gasteiger partial charge in [0, 0.05) is 16.4 Å².